The summed E-state index contributed by atoms with van der Waals surface area (Å²) in [6, 6.07) is 0. The van der Waals surface area contributed by atoms with Gasteiger partial charge in [-0.1, -0.05) is 13.8 Å². The van der Waals surface area contributed by atoms with Crippen molar-refractivity contribution in [3.8, 4) is 0 Å². The zero-order chi connectivity index (χ0) is 9.97. The molecule has 14 heavy (non-hydrogen) atoms. The van der Waals surface area contributed by atoms with Gasteiger partial charge in [-0.3, -0.25) is 4.79 Å². The van der Waals surface area contributed by atoms with Gasteiger partial charge in [-0.05, 0) is 37.5 Å². The highest BCUT2D eigenvalue weighted by Crippen LogP contribution is 2.54. The second kappa shape index (κ2) is 2.41. The molecule has 1 heterocycles. The highest BCUT2D eigenvalue weighted by atomic mass is 16.5. The fraction of sp³-hybridized carbons (Fsp3) is 0.917. The Morgan fingerprint density at radius 2 is 1.86 bits per heavy atom. The van der Waals surface area contributed by atoms with Gasteiger partial charge >= 0.3 is 0 Å². The minimum Gasteiger partial charge on any atom is -0.363 e. The highest BCUT2D eigenvalue weighted by molar-refractivity contribution is 5.94. The summed E-state index contributed by atoms with van der Waals surface area (Å²) in [4.78, 5) is 12.0. The van der Waals surface area contributed by atoms with Crippen molar-refractivity contribution in [3.63, 3.8) is 0 Å². The third-order valence-electron chi connectivity index (χ3n) is 4.31. The zero-order valence-corrected chi connectivity index (χ0v) is 9.01. The number of hydrogen-bond donors (Lipinski definition) is 0. The molecule has 2 saturated carbocycles. The van der Waals surface area contributed by atoms with Gasteiger partial charge in [-0.15, -0.1) is 0 Å². The predicted molar refractivity (Wildman–Crippen MR) is 53.0 cm³/mol. The number of carbonyl (C=O) groups is 1. The fourth-order valence-electron chi connectivity index (χ4n) is 2.96. The number of ketones is 1. The van der Waals surface area contributed by atoms with Gasteiger partial charge in [0.15, 0.2) is 5.78 Å². The average molecular weight is 194 g/mol. The van der Waals surface area contributed by atoms with Crippen molar-refractivity contribution < 1.29 is 9.53 Å². The molecule has 78 valence electrons. The summed E-state index contributed by atoms with van der Waals surface area (Å²) in [6.45, 7) is 4.58. The monoisotopic (exact) mass is 194 g/mol. The molecule has 2 atom stereocenters. The Hall–Kier alpha value is -0.370. The van der Waals surface area contributed by atoms with Crippen LogP contribution < -0.4 is 0 Å². The Kier molecular flexibility index (Phi) is 1.53. The molecule has 1 spiro atoms. The number of Topliss-reactive ketones (excluding diaryl/α,β-unsaturated/α-hetero) is 1. The van der Waals surface area contributed by atoms with Crippen molar-refractivity contribution in [3.05, 3.63) is 0 Å². The zero-order valence-electron chi connectivity index (χ0n) is 9.01. The molecule has 1 saturated heterocycles. The Bertz CT molecular complexity index is 283. The number of ether oxygens (including phenoxy) is 1. The SMILES string of the molecule is CC1(C)CCC2(CC1)OC1CC1C2=O. The van der Waals surface area contributed by atoms with E-state index in [1.165, 1.54) is 0 Å². The second-order valence-corrected chi connectivity index (χ2v) is 6.02. The van der Waals surface area contributed by atoms with E-state index < -0.39 is 0 Å². The molecule has 2 unspecified atom stereocenters. The summed E-state index contributed by atoms with van der Waals surface area (Å²) in [5, 5.41) is 0. The molecule has 0 aromatic heterocycles. The van der Waals surface area contributed by atoms with Crippen LogP contribution in [0.2, 0.25) is 0 Å². The molecular formula is C12H18O2. The molecule has 0 aromatic carbocycles. The predicted octanol–water partition coefficient (Wildman–Crippen LogP) is 2.31. The van der Waals surface area contributed by atoms with Gasteiger partial charge in [-0.2, -0.15) is 0 Å². The van der Waals surface area contributed by atoms with E-state index >= 15 is 0 Å². The first-order valence-corrected chi connectivity index (χ1v) is 5.75. The first kappa shape index (κ1) is 8.90. The fourth-order valence-corrected chi connectivity index (χ4v) is 2.96. The van der Waals surface area contributed by atoms with Gasteiger partial charge in [0.2, 0.25) is 0 Å². The van der Waals surface area contributed by atoms with Crippen molar-refractivity contribution in [1.82, 2.24) is 0 Å². The summed E-state index contributed by atoms with van der Waals surface area (Å²) in [7, 11) is 0. The van der Waals surface area contributed by atoms with Crippen LogP contribution in [-0.2, 0) is 9.53 Å². The molecule has 1 aliphatic heterocycles. The molecule has 0 aromatic rings. The summed E-state index contributed by atoms with van der Waals surface area (Å²) in [5.74, 6) is 0.717. The molecule has 3 rings (SSSR count). The van der Waals surface area contributed by atoms with Crippen molar-refractivity contribution >= 4 is 5.78 Å². The molecule has 3 fully saturated rings. The van der Waals surface area contributed by atoms with E-state index in [9.17, 15) is 4.79 Å². The lowest BCUT2D eigenvalue weighted by atomic mass is 9.69. The van der Waals surface area contributed by atoms with Gasteiger partial charge in [-0.25, -0.2) is 0 Å². The van der Waals surface area contributed by atoms with E-state index in [1.54, 1.807) is 0 Å². The summed E-state index contributed by atoms with van der Waals surface area (Å²) in [6.07, 6.45) is 5.52. The van der Waals surface area contributed by atoms with Crippen LogP contribution in [0, 0.1) is 11.3 Å². The molecule has 0 amide bonds. The van der Waals surface area contributed by atoms with Gasteiger partial charge in [0.1, 0.15) is 5.60 Å². The van der Waals surface area contributed by atoms with E-state index in [2.05, 4.69) is 13.8 Å². The third-order valence-corrected chi connectivity index (χ3v) is 4.31. The lowest BCUT2D eigenvalue weighted by Gasteiger charge is -2.40. The first-order chi connectivity index (χ1) is 6.53. The number of hydrogen-bond acceptors (Lipinski definition) is 2. The normalized spacial score (nSPS) is 42.6. The lowest BCUT2D eigenvalue weighted by Crippen LogP contribution is -2.43. The van der Waals surface area contributed by atoms with E-state index in [1.807, 2.05) is 0 Å². The van der Waals surface area contributed by atoms with Crippen LogP contribution in [0.15, 0.2) is 0 Å². The van der Waals surface area contributed by atoms with Crippen LogP contribution in [0.3, 0.4) is 0 Å². The van der Waals surface area contributed by atoms with Gasteiger partial charge in [0, 0.05) is 5.92 Å². The van der Waals surface area contributed by atoms with Crippen LogP contribution in [0.4, 0.5) is 0 Å². The van der Waals surface area contributed by atoms with Gasteiger partial charge in [0.05, 0.1) is 6.10 Å². The maximum atomic E-state index is 12.0. The Balaban J connectivity index is 1.78. The number of rotatable bonds is 0. The highest BCUT2D eigenvalue weighted by Gasteiger charge is 2.63. The topological polar surface area (TPSA) is 26.3 Å². The van der Waals surface area contributed by atoms with E-state index in [0.29, 0.717) is 17.3 Å². The van der Waals surface area contributed by atoms with Crippen LogP contribution in [0.5, 0.6) is 0 Å². The number of carbonyl (C=O) groups excluding carboxylic acids is 1. The largest absolute Gasteiger partial charge is 0.363 e. The molecule has 2 aliphatic carbocycles. The molecule has 0 N–H and O–H groups in total. The molecule has 3 aliphatic rings. The van der Waals surface area contributed by atoms with Gasteiger partial charge < -0.3 is 4.74 Å². The third kappa shape index (κ3) is 1.10. The quantitative estimate of drug-likeness (QED) is 0.591. The maximum Gasteiger partial charge on any atom is 0.170 e. The minimum absolute atomic E-state index is 0.288. The van der Waals surface area contributed by atoms with E-state index in [4.69, 9.17) is 4.74 Å². The van der Waals surface area contributed by atoms with Crippen molar-refractivity contribution in [1.29, 1.82) is 0 Å². The van der Waals surface area contributed by atoms with Crippen molar-refractivity contribution in [2.75, 3.05) is 0 Å². The van der Waals surface area contributed by atoms with Crippen LogP contribution in [-0.4, -0.2) is 17.5 Å². The maximum absolute atomic E-state index is 12.0. The smallest absolute Gasteiger partial charge is 0.170 e. The lowest BCUT2D eigenvalue weighted by molar-refractivity contribution is -0.143. The first-order valence-electron chi connectivity index (χ1n) is 5.75. The summed E-state index contributed by atoms with van der Waals surface area (Å²) < 4.78 is 5.92. The van der Waals surface area contributed by atoms with E-state index in [-0.39, 0.29) is 11.5 Å². The molecular weight excluding hydrogens is 176 g/mol. The molecule has 0 bridgehead atoms. The van der Waals surface area contributed by atoms with E-state index in [0.717, 1.165) is 32.1 Å². The van der Waals surface area contributed by atoms with Crippen LogP contribution in [0.25, 0.3) is 0 Å². The van der Waals surface area contributed by atoms with Crippen molar-refractivity contribution in [2.24, 2.45) is 11.3 Å². The summed E-state index contributed by atoms with van der Waals surface area (Å²) in [5.41, 5.74) is 0.0881. The average Bonchev–Trinajstić information content (AvgIpc) is 2.82. The van der Waals surface area contributed by atoms with Gasteiger partial charge in [0.25, 0.3) is 0 Å². The standard InChI is InChI=1S/C12H18O2/c1-11(2)3-5-12(6-4-11)10(13)8-7-9(8)14-12/h8-9H,3-7H2,1-2H3. The van der Waals surface area contributed by atoms with Crippen LogP contribution >= 0.6 is 0 Å². The number of fused-ring (bicyclic) bond motifs is 1. The molecule has 0 radical (unpaired) electrons. The van der Waals surface area contributed by atoms with Crippen molar-refractivity contribution in [2.45, 2.75) is 57.7 Å². The molecule has 2 heteroatoms. The Morgan fingerprint density at radius 1 is 1.21 bits per heavy atom. The Labute approximate surface area is 85.0 Å². The van der Waals surface area contributed by atoms with Crippen LogP contribution in [0.1, 0.15) is 46.0 Å². The summed E-state index contributed by atoms with van der Waals surface area (Å²) >= 11 is 0. The Morgan fingerprint density at radius 3 is 2.36 bits per heavy atom. The molecule has 2 nitrogen and oxygen atoms in total. The minimum atomic E-state index is -0.330. The second-order valence-electron chi connectivity index (χ2n) is 6.02.